The van der Waals surface area contributed by atoms with Crippen molar-refractivity contribution < 1.29 is 0 Å². The first-order chi connectivity index (χ1) is 10.0. The molecule has 0 aliphatic carbocycles. The maximum absolute atomic E-state index is 3.60. The Morgan fingerprint density at radius 1 is 1.14 bits per heavy atom. The minimum atomic E-state index is 0.542. The van der Waals surface area contributed by atoms with Crippen LogP contribution >= 0.6 is 27.3 Å². The predicted molar refractivity (Wildman–Crippen MR) is 97.2 cm³/mol. The summed E-state index contributed by atoms with van der Waals surface area (Å²) in [7, 11) is 0. The Kier molecular flexibility index (Phi) is 6.46. The van der Waals surface area contributed by atoms with Gasteiger partial charge in [0, 0.05) is 20.8 Å². The minimum absolute atomic E-state index is 0.542. The zero-order chi connectivity index (χ0) is 15.2. The number of benzene rings is 1. The molecule has 0 fully saturated rings. The highest BCUT2D eigenvalue weighted by Crippen LogP contribution is 2.24. The zero-order valence-corrected chi connectivity index (χ0v) is 15.4. The second-order valence-corrected chi connectivity index (χ2v) is 7.97. The maximum atomic E-state index is 3.60. The summed E-state index contributed by atoms with van der Waals surface area (Å²) in [6.45, 7) is 7.64. The van der Waals surface area contributed by atoms with E-state index in [0.29, 0.717) is 12.0 Å². The molecule has 1 aromatic carbocycles. The number of hydrogen-bond acceptors (Lipinski definition) is 2. The van der Waals surface area contributed by atoms with Crippen LogP contribution in [-0.2, 0) is 12.8 Å². The van der Waals surface area contributed by atoms with Crippen LogP contribution in [0, 0.1) is 12.8 Å². The van der Waals surface area contributed by atoms with E-state index < -0.39 is 0 Å². The van der Waals surface area contributed by atoms with Gasteiger partial charge in [-0.2, -0.15) is 0 Å². The molecule has 0 bridgehead atoms. The van der Waals surface area contributed by atoms with E-state index in [2.05, 4.69) is 77.7 Å². The molecule has 1 unspecified atom stereocenters. The van der Waals surface area contributed by atoms with Crippen molar-refractivity contribution in [1.29, 1.82) is 0 Å². The molecule has 2 aromatic rings. The van der Waals surface area contributed by atoms with E-state index in [0.717, 1.165) is 19.4 Å². The summed E-state index contributed by atoms with van der Waals surface area (Å²) in [5, 5.41) is 5.77. The van der Waals surface area contributed by atoms with Gasteiger partial charge in [0.25, 0.3) is 0 Å². The van der Waals surface area contributed by atoms with E-state index in [9.17, 15) is 0 Å². The second kappa shape index (κ2) is 8.11. The molecule has 1 nitrogen and oxygen atoms in total. The van der Waals surface area contributed by atoms with Crippen molar-refractivity contribution in [2.45, 2.75) is 39.7 Å². The van der Waals surface area contributed by atoms with Gasteiger partial charge in [-0.3, -0.25) is 0 Å². The van der Waals surface area contributed by atoms with Crippen LogP contribution < -0.4 is 5.32 Å². The van der Waals surface area contributed by atoms with E-state index in [1.807, 2.05) is 11.3 Å². The lowest BCUT2D eigenvalue weighted by atomic mass is 9.94. The van der Waals surface area contributed by atoms with Crippen LogP contribution in [0.1, 0.15) is 29.9 Å². The monoisotopic (exact) mass is 365 g/mol. The number of rotatable bonds is 7. The number of hydrogen-bond donors (Lipinski definition) is 1. The van der Waals surface area contributed by atoms with Crippen LogP contribution in [0.25, 0.3) is 0 Å². The summed E-state index contributed by atoms with van der Waals surface area (Å²) in [6, 6.07) is 11.8. The normalized spacial score (nSPS) is 12.8. The largest absolute Gasteiger partial charge is 0.314 e. The summed E-state index contributed by atoms with van der Waals surface area (Å²) >= 11 is 5.40. The summed E-state index contributed by atoms with van der Waals surface area (Å²) < 4.78 is 1.20. The molecular weight excluding hydrogens is 342 g/mol. The van der Waals surface area contributed by atoms with E-state index in [1.54, 1.807) is 0 Å². The number of aryl methyl sites for hydroxylation is 1. The van der Waals surface area contributed by atoms with Crippen molar-refractivity contribution in [2.75, 3.05) is 6.54 Å². The van der Waals surface area contributed by atoms with Gasteiger partial charge in [0.05, 0.1) is 0 Å². The van der Waals surface area contributed by atoms with Crippen LogP contribution in [0.5, 0.6) is 0 Å². The Morgan fingerprint density at radius 2 is 1.86 bits per heavy atom. The van der Waals surface area contributed by atoms with Gasteiger partial charge in [-0.25, -0.2) is 0 Å². The number of thiophene rings is 1. The predicted octanol–water partition coefficient (Wildman–Crippen LogP) is 5.22. The number of halogens is 1. The van der Waals surface area contributed by atoms with Gasteiger partial charge in [-0.15, -0.1) is 11.3 Å². The molecule has 0 saturated carbocycles. The molecule has 0 aliphatic rings. The van der Waals surface area contributed by atoms with Gasteiger partial charge in [-0.1, -0.05) is 43.7 Å². The van der Waals surface area contributed by atoms with Gasteiger partial charge in [0.2, 0.25) is 0 Å². The molecule has 0 aliphatic heterocycles. The van der Waals surface area contributed by atoms with Gasteiger partial charge in [0.15, 0.2) is 0 Å². The molecule has 3 heteroatoms. The van der Waals surface area contributed by atoms with Gasteiger partial charge < -0.3 is 5.32 Å². The van der Waals surface area contributed by atoms with Crippen molar-refractivity contribution in [3.05, 3.63) is 56.2 Å². The zero-order valence-electron chi connectivity index (χ0n) is 13.0. The van der Waals surface area contributed by atoms with Crippen LogP contribution in [0.15, 0.2) is 40.2 Å². The molecule has 2 rings (SSSR count). The molecule has 114 valence electrons. The van der Waals surface area contributed by atoms with Crippen molar-refractivity contribution in [3.8, 4) is 0 Å². The Hall–Kier alpha value is -0.640. The molecule has 1 heterocycles. The van der Waals surface area contributed by atoms with Gasteiger partial charge in [-0.05, 0) is 59.8 Å². The lowest BCUT2D eigenvalue weighted by Gasteiger charge is -2.19. The third-order valence-electron chi connectivity index (χ3n) is 3.57. The molecule has 1 aromatic heterocycles. The first-order valence-electron chi connectivity index (χ1n) is 7.54. The lowest BCUT2D eigenvalue weighted by molar-refractivity contribution is 0.446. The molecular formula is C18H24BrNS. The third kappa shape index (κ3) is 5.93. The SMILES string of the molecule is Cc1ccc(CC(CNC(C)C)Cc2cc(Br)cs2)cc1. The van der Waals surface area contributed by atoms with Gasteiger partial charge >= 0.3 is 0 Å². The average molecular weight is 366 g/mol. The second-order valence-electron chi connectivity index (χ2n) is 6.05. The van der Waals surface area contributed by atoms with Crippen molar-refractivity contribution in [3.63, 3.8) is 0 Å². The highest BCUT2D eigenvalue weighted by atomic mass is 79.9. The molecule has 0 saturated heterocycles. The maximum Gasteiger partial charge on any atom is 0.0285 e. The fourth-order valence-corrected chi connectivity index (χ4v) is 3.99. The van der Waals surface area contributed by atoms with E-state index >= 15 is 0 Å². The molecule has 0 amide bonds. The standard InChI is InChI=1S/C18H24BrNS/c1-13(2)20-11-16(9-18-10-17(19)12-21-18)8-15-6-4-14(3)5-7-15/h4-7,10,12-13,16,20H,8-9,11H2,1-3H3. The van der Waals surface area contributed by atoms with Crippen LogP contribution in [-0.4, -0.2) is 12.6 Å². The fraction of sp³-hybridized carbons (Fsp3) is 0.444. The van der Waals surface area contributed by atoms with E-state index in [1.165, 1.54) is 20.5 Å². The number of nitrogens with one attached hydrogen (secondary N) is 1. The third-order valence-corrected chi connectivity index (χ3v) is 5.29. The fourth-order valence-electron chi connectivity index (χ4n) is 2.42. The quantitative estimate of drug-likeness (QED) is 0.709. The Balaban J connectivity index is 2.02. The van der Waals surface area contributed by atoms with Crippen molar-refractivity contribution in [1.82, 2.24) is 5.32 Å². The average Bonchev–Trinajstić information content (AvgIpc) is 2.84. The summed E-state index contributed by atoms with van der Waals surface area (Å²) in [4.78, 5) is 1.46. The van der Waals surface area contributed by atoms with Crippen molar-refractivity contribution in [2.24, 2.45) is 5.92 Å². The van der Waals surface area contributed by atoms with E-state index in [4.69, 9.17) is 0 Å². The summed E-state index contributed by atoms with van der Waals surface area (Å²) in [5.41, 5.74) is 2.77. The minimum Gasteiger partial charge on any atom is -0.314 e. The Labute approximate surface area is 140 Å². The van der Waals surface area contributed by atoms with Crippen LogP contribution in [0.3, 0.4) is 0 Å². The van der Waals surface area contributed by atoms with Gasteiger partial charge in [0.1, 0.15) is 0 Å². The Bertz CT molecular complexity index is 545. The van der Waals surface area contributed by atoms with Crippen molar-refractivity contribution >= 4 is 27.3 Å². The summed E-state index contributed by atoms with van der Waals surface area (Å²) in [5.74, 6) is 0.639. The van der Waals surface area contributed by atoms with Crippen LogP contribution in [0.2, 0.25) is 0 Å². The summed E-state index contributed by atoms with van der Waals surface area (Å²) in [6.07, 6.45) is 2.28. The van der Waals surface area contributed by atoms with Crippen LogP contribution in [0.4, 0.5) is 0 Å². The highest BCUT2D eigenvalue weighted by molar-refractivity contribution is 9.10. The first-order valence-corrected chi connectivity index (χ1v) is 9.22. The molecule has 1 N–H and O–H groups in total. The van der Waals surface area contributed by atoms with E-state index in [-0.39, 0.29) is 0 Å². The molecule has 0 spiro atoms. The lowest BCUT2D eigenvalue weighted by Crippen LogP contribution is -2.30. The first kappa shape index (κ1) is 16.7. The smallest absolute Gasteiger partial charge is 0.0285 e. The highest BCUT2D eigenvalue weighted by Gasteiger charge is 2.13. The molecule has 21 heavy (non-hydrogen) atoms. The topological polar surface area (TPSA) is 12.0 Å². The Morgan fingerprint density at radius 3 is 2.43 bits per heavy atom. The molecule has 0 radical (unpaired) electrons. The molecule has 1 atom stereocenters.